The number of benzene rings is 2. The molecule has 3 rings (SSSR count). The van der Waals surface area contributed by atoms with Crippen molar-refractivity contribution in [2.45, 2.75) is 49.9 Å². The van der Waals surface area contributed by atoms with Gasteiger partial charge in [-0.1, -0.05) is 0 Å². The molecule has 0 nitrogen and oxygen atoms in total. The van der Waals surface area contributed by atoms with E-state index in [0.717, 1.165) is 3.67 Å². The van der Waals surface area contributed by atoms with E-state index in [1.54, 1.807) is 11.1 Å². The largest absolute Gasteiger partial charge is 1.00 e. The summed E-state index contributed by atoms with van der Waals surface area (Å²) < 4.78 is 0.831. The van der Waals surface area contributed by atoms with E-state index in [1.165, 1.54) is 22.3 Å². The molecular formula is C22H27Cl2HfSi. The SMILES string of the molecule is CC1=Cc2c(-c3ccc(C(C)(C)C)cc3)cccc2[CH]1[Hf+2][Si](C)C.[Cl-].[Cl-]. The number of allylic oxidation sites excluding steroid dienone is 1. The Morgan fingerprint density at radius 2 is 1.54 bits per heavy atom. The third kappa shape index (κ3) is 5.01. The Balaban J connectivity index is 0.00000169. The third-order valence-electron chi connectivity index (χ3n) is 4.77. The summed E-state index contributed by atoms with van der Waals surface area (Å²) in [5, 5.41) is 0. The third-order valence-corrected chi connectivity index (χ3v) is 17.7. The van der Waals surface area contributed by atoms with Crippen LogP contribution in [0.2, 0.25) is 13.1 Å². The van der Waals surface area contributed by atoms with Gasteiger partial charge in [-0.05, 0) is 0 Å². The Kier molecular flexibility index (Phi) is 8.60. The van der Waals surface area contributed by atoms with E-state index in [4.69, 9.17) is 0 Å². The van der Waals surface area contributed by atoms with Crippen molar-refractivity contribution in [3.05, 3.63) is 64.7 Å². The number of hydrogen-bond acceptors (Lipinski definition) is 0. The summed E-state index contributed by atoms with van der Waals surface area (Å²) in [5.74, 6) is -0.0366. The van der Waals surface area contributed by atoms with E-state index in [9.17, 15) is 0 Å². The standard InChI is InChI=1S/C20H21.C2H6Si.2ClH.Hf/c1-14-12-16-6-5-7-18(19(16)13-14)15-8-10-17(11-9-15)20(2,3)4;1-3-2;;;/h5-13H,1-4H3;1-2H3;2*1H;/q;;;;+2/p-2. The molecule has 0 saturated carbocycles. The van der Waals surface area contributed by atoms with Gasteiger partial charge in [-0.15, -0.1) is 0 Å². The van der Waals surface area contributed by atoms with Crippen LogP contribution in [0.5, 0.6) is 0 Å². The summed E-state index contributed by atoms with van der Waals surface area (Å²) in [5.41, 5.74) is 9.14. The molecule has 0 amide bonds. The van der Waals surface area contributed by atoms with Crippen LogP contribution in [0.4, 0.5) is 0 Å². The Hall–Kier alpha value is -0.153. The Morgan fingerprint density at radius 3 is 2.08 bits per heavy atom. The van der Waals surface area contributed by atoms with Gasteiger partial charge in [-0.25, -0.2) is 0 Å². The summed E-state index contributed by atoms with van der Waals surface area (Å²) in [6.07, 6.45) is 2.48. The van der Waals surface area contributed by atoms with Gasteiger partial charge < -0.3 is 24.8 Å². The first-order valence-electron chi connectivity index (χ1n) is 8.76. The van der Waals surface area contributed by atoms with Gasteiger partial charge in [-0.3, -0.25) is 0 Å². The fourth-order valence-electron chi connectivity index (χ4n) is 3.43. The first-order valence-corrected chi connectivity index (χ1v) is 18.7. The number of hydrogen-bond donors (Lipinski definition) is 0. The zero-order valence-electron chi connectivity index (χ0n) is 16.5. The van der Waals surface area contributed by atoms with Crippen molar-refractivity contribution in [2.24, 2.45) is 0 Å². The maximum absolute atomic E-state index is 2.51. The predicted molar refractivity (Wildman–Crippen MR) is 104 cm³/mol. The minimum Gasteiger partial charge on any atom is -1.00 e. The quantitative estimate of drug-likeness (QED) is 0.472. The zero-order chi connectivity index (χ0) is 17.5. The van der Waals surface area contributed by atoms with Crippen molar-refractivity contribution in [1.82, 2.24) is 0 Å². The molecule has 0 aliphatic heterocycles. The van der Waals surface area contributed by atoms with Gasteiger partial charge >= 0.3 is 160 Å². The average molecular weight is 569 g/mol. The van der Waals surface area contributed by atoms with Crippen LogP contribution in [-0.4, -0.2) is 5.98 Å². The summed E-state index contributed by atoms with van der Waals surface area (Å²) in [4.78, 5) is 0. The first kappa shape index (κ1) is 23.9. The Morgan fingerprint density at radius 1 is 0.923 bits per heavy atom. The number of halogens is 2. The summed E-state index contributed by atoms with van der Waals surface area (Å²) in [6, 6.07) is 16.2. The van der Waals surface area contributed by atoms with Gasteiger partial charge in [0.1, 0.15) is 0 Å². The van der Waals surface area contributed by atoms with E-state index < -0.39 is 22.1 Å². The Bertz CT molecular complexity index is 774. The van der Waals surface area contributed by atoms with Gasteiger partial charge in [0, 0.05) is 0 Å². The average Bonchev–Trinajstić information content (AvgIpc) is 2.82. The van der Waals surface area contributed by atoms with Crippen LogP contribution in [-0.2, 0) is 27.5 Å². The van der Waals surface area contributed by atoms with Gasteiger partial charge in [0.05, 0.1) is 0 Å². The minimum absolute atomic E-state index is 0. The van der Waals surface area contributed by atoms with E-state index in [-0.39, 0.29) is 36.2 Å². The van der Waals surface area contributed by atoms with Crippen molar-refractivity contribution >= 4 is 12.1 Å². The molecule has 0 fully saturated rings. The van der Waals surface area contributed by atoms with E-state index in [0.29, 0.717) is 0 Å². The maximum atomic E-state index is 2.51. The van der Waals surface area contributed by atoms with Crippen molar-refractivity contribution in [2.75, 3.05) is 0 Å². The molecule has 1 aliphatic carbocycles. The molecule has 2 aromatic rings. The zero-order valence-corrected chi connectivity index (χ0v) is 22.6. The molecule has 0 aromatic heterocycles. The van der Waals surface area contributed by atoms with Crippen LogP contribution in [0.15, 0.2) is 48.0 Å². The van der Waals surface area contributed by atoms with Crippen LogP contribution in [0.3, 0.4) is 0 Å². The molecule has 26 heavy (non-hydrogen) atoms. The molecule has 137 valence electrons. The number of fused-ring (bicyclic) bond motifs is 1. The molecular weight excluding hydrogens is 542 g/mol. The van der Waals surface area contributed by atoms with Crippen LogP contribution < -0.4 is 24.8 Å². The predicted octanol–water partition coefficient (Wildman–Crippen LogP) is 0.451. The Labute approximate surface area is 183 Å². The van der Waals surface area contributed by atoms with Gasteiger partial charge in [-0.2, -0.15) is 0 Å². The van der Waals surface area contributed by atoms with Crippen molar-refractivity contribution < 1.29 is 46.9 Å². The molecule has 0 bridgehead atoms. The fraction of sp³-hybridized carbons (Fsp3) is 0.364. The van der Waals surface area contributed by atoms with Crippen molar-refractivity contribution in [3.63, 3.8) is 0 Å². The maximum Gasteiger partial charge on any atom is -1.00 e. The molecule has 1 radical (unpaired) electrons. The monoisotopic (exact) mass is 569 g/mol. The van der Waals surface area contributed by atoms with Gasteiger partial charge in [0.15, 0.2) is 0 Å². The molecule has 1 atom stereocenters. The minimum atomic E-state index is -0.565. The van der Waals surface area contributed by atoms with Crippen molar-refractivity contribution in [3.8, 4) is 11.1 Å². The summed E-state index contributed by atoms with van der Waals surface area (Å²) >= 11 is -0.565. The van der Waals surface area contributed by atoms with Gasteiger partial charge in [0.25, 0.3) is 0 Å². The molecule has 2 aromatic carbocycles. The fourth-order valence-corrected chi connectivity index (χ4v) is 16.0. The number of rotatable bonds is 3. The topological polar surface area (TPSA) is 0 Å². The molecule has 1 unspecified atom stereocenters. The van der Waals surface area contributed by atoms with Gasteiger partial charge in [0.2, 0.25) is 0 Å². The van der Waals surface area contributed by atoms with E-state index >= 15 is 0 Å². The van der Waals surface area contributed by atoms with Crippen molar-refractivity contribution in [1.29, 1.82) is 0 Å². The molecule has 0 heterocycles. The second-order valence-electron chi connectivity index (χ2n) is 8.10. The van der Waals surface area contributed by atoms with E-state index in [1.807, 2.05) is 0 Å². The van der Waals surface area contributed by atoms with Crippen LogP contribution in [0.1, 0.15) is 48.1 Å². The molecule has 0 N–H and O–H groups in total. The van der Waals surface area contributed by atoms with Crippen LogP contribution in [0.25, 0.3) is 17.2 Å². The normalized spacial score (nSPS) is 15.5. The molecule has 0 spiro atoms. The summed E-state index contributed by atoms with van der Waals surface area (Å²) in [6.45, 7) is 14.2. The second kappa shape index (κ2) is 9.36. The van der Waals surface area contributed by atoms with Crippen LogP contribution >= 0.6 is 0 Å². The molecule has 1 aliphatic rings. The first-order chi connectivity index (χ1) is 11.3. The smallest absolute Gasteiger partial charge is 1.00 e. The molecule has 0 saturated heterocycles. The molecule has 4 heteroatoms. The van der Waals surface area contributed by atoms with Crippen LogP contribution in [0, 0.1) is 0 Å². The summed E-state index contributed by atoms with van der Waals surface area (Å²) in [7, 11) is 0. The second-order valence-corrected chi connectivity index (χ2v) is 26.4. The van der Waals surface area contributed by atoms with E-state index in [2.05, 4.69) is 89.3 Å².